The first-order chi connectivity index (χ1) is 20.3. The van der Waals surface area contributed by atoms with E-state index in [1.165, 1.54) is 67.0 Å². The van der Waals surface area contributed by atoms with Crippen LogP contribution in [-0.2, 0) is 21.7 Å². The highest BCUT2D eigenvalue weighted by atomic mass is 15.3. The Morgan fingerprint density at radius 3 is 1.20 bits per heavy atom. The molecule has 44 heavy (non-hydrogen) atoms. The molecular formula is C42H52N2+2. The van der Waals surface area contributed by atoms with Gasteiger partial charge < -0.3 is 0 Å². The lowest BCUT2D eigenvalue weighted by Gasteiger charge is -2.26. The number of benzene rings is 4. The van der Waals surface area contributed by atoms with Crippen LogP contribution in [0.25, 0.3) is 10.8 Å². The average molecular weight is 585 g/mol. The topological polar surface area (TPSA) is 6.02 Å². The van der Waals surface area contributed by atoms with E-state index in [9.17, 15) is 0 Å². The Hall–Kier alpha value is -3.52. The maximum absolute atomic E-state index is 2.68. The van der Waals surface area contributed by atoms with Crippen molar-refractivity contribution in [3.8, 4) is 0 Å². The zero-order valence-electron chi connectivity index (χ0n) is 29.4. The maximum atomic E-state index is 2.68. The fourth-order valence-corrected chi connectivity index (χ4v) is 7.27. The van der Waals surface area contributed by atoms with Gasteiger partial charge in [0.05, 0.1) is 18.1 Å². The summed E-state index contributed by atoms with van der Waals surface area (Å²) >= 11 is 0. The Labute approximate surface area is 266 Å². The lowest BCUT2D eigenvalue weighted by atomic mass is 9.80. The SMILES string of the molecule is CC1[N+](c2cc(C(C)(C)C)ccc2C(C)(C)C)=C2C(=[N+]1c1cc(C(C)(C)C)ccc1C(C)(C)C)c1cccc3cccc2c13. The fourth-order valence-electron chi connectivity index (χ4n) is 7.27. The zero-order chi connectivity index (χ0) is 32.1. The van der Waals surface area contributed by atoms with Crippen LogP contribution < -0.4 is 0 Å². The summed E-state index contributed by atoms with van der Waals surface area (Å²) in [6, 6.07) is 28.2. The molecule has 0 bridgehead atoms. The highest BCUT2D eigenvalue weighted by molar-refractivity contribution is 6.58. The lowest BCUT2D eigenvalue weighted by molar-refractivity contribution is -0.688. The van der Waals surface area contributed by atoms with Crippen molar-refractivity contribution in [1.82, 2.24) is 0 Å². The lowest BCUT2D eigenvalue weighted by Crippen LogP contribution is -2.30. The Morgan fingerprint density at radius 2 is 0.864 bits per heavy atom. The van der Waals surface area contributed by atoms with Crippen LogP contribution in [0, 0.1) is 0 Å². The van der Waals surface area contributed by atoms with Crippen molar-refractivity contribution in [3.63, 3.8) is 0 Å². The highest BCUT2D eigenvalue weighted by Crippen LogP contribution is 2.45. The van der Waals surface area contributed by atoms with Crippen LogP contribution in [0.5, 0.6) is 0 Å². The van der Waals surface area contributed by atoms with Gasteiger partial charge in [-0.3, -0.25) is 0 Å². The van der Waals surface area contributed by atoms with E-state index < -0.39 is 0 Å². The van der Waals surface area contributed by atoms with E-state index in [1.807, 2.05) is 0 Å². The summed E-state index contributed by atoms with van der Waals surface area (Å²) in [4.78, 5) is 0. The van der Waals surface area contributed by atoms with Crippen LogP contribution in [-0.4, -0.2) is 26.7 Å². The summed E-state index contributed by atoms with van der Waals surface area (Å²) in [6.07, 6.45) is 0.0799. The quantitative estimate of drug-likeness (QED) is 0.207. The summed E-state index contributed by atoms with van der Waals surface area (Å²) < 4.78 is 5.35. The van der Waals surface area contributed by atoms with Crippen LogP contribution in [0.15, 0.2) is 72.8 Å². The molecule has 2 nitrogen and oxygen atoms in total. The minimum atomic E-state index is -0.0141. The first-order valence-corrected chi connectivity index (χ1v) is 16.5. The van der Waals surface area contributed by atoms with Crippen molar-refractivity contribution in [2.75, 3.05) is 0 Å². The van der Waals surface area contributed by atoms with E-state index in [-0.39, 0.29) is 27.8 Å². The monoisotopic (exact) mass is 584 g/mol. The second-order valence-electron chi connectivity index (χ2n) is 17.2. The Bertz CT molecular complexity index is 1750. The van der Waals surface area contributed by atoms with E-state index in [2.05, 4.69) is 172 Å². The molecule has 0 aromatic heterocycles. The van der Waals surface area contributed by atoms with Gasteiger partial charge in [0.1, 0.15) is 0 Å². The molecule has 0 saturated carbocycles. The summed E-state index contributed by atoms with van der Waals surface area (Å²) in [5.41, 5.74) is 13.6. The highest BCUT2D eigenvalue weighted by Gasteiger charge is 2.54. The summed E-state index contributed by atoms with van der Waals surface area (Å²) in [5.74, 6) is 0. The molecule has 0 atom stereocenters. The number of nitrogens with zero attached hydrogens (tertiary/aromatic N) is 2. The van der Waals surface area contributed by atoms with Gasteiger partial charge >= 0.3 is 6.17 Å². The molecule has 1 aliphatic heterocycles. The van der Waals surface area contributed by atoms with Gasteiger partial charge in [-0.15, -0.1) is 9.15 Å². The van der Waals surface area contributed by atoms with Gasteiger partial charge in [-0.05, 0) is 50.3 Å². The van der Waals surface area contributed by atoms with Gasteiger partial charge in [0.25, 0.3) is 11.4 Å². The van der Waals surface area contributed by atoms with Crippen molar-refractivity contribution < 1.29 is 9.15 Å². The number of hydrogen-bond acceptors (Lipinski definition) is 0. The van der Waals surface area contributed by atoms with Gasteiger partial charge in [-0.1, -0.05) is 132 Å². The van der Waals surface area contributed by atoms with Crippen LogP contribution in [0.2, 0.25) is 0 Å². The number of fused-ring (bicyclic) bond motifs is 3. The normalized spacial score (nSPS) is 16.0. The minimum Gasteiger partial charge on any atom is -0.123 e. The Morgan fingerprint density at radius 1 is 0.477 bits per heavy atom. The first kappa shape index (κ1) is 30.5. The van der Waals surface area contributed by atoms with Crippen molar-refractivity contribution in [2.24, 2.45) is 0 Å². The molecule has 1 aliphatic carbocycles. The van der Waals surface area contributed by atoms with Crippen molar-refractivity contribution in [3.05, 3.63) is 106 Å². The fraction of sp³-hybridized carbons (Fsp3) is 0.429. The molecule has 6 rings (SSSR count). The molecule has 228 valence electrons. The van der Waals surface area contributed by atoms with E-state index in [1.54, 1.807) is 0 Å². The molecule has 0 radical (unpaired) electrons. The van der Waals surface area contributed by atoms with Gasteiger partial charge in [0.2, 0.25) is 11.4 Å². The van der Waals surface area contributed by atoms with Crippen molar-refractivity contribution in [1.29, 1.82) is 0 Å². The van der Waals surface area contributed by atoms with Gasteiger partial charge in [-0.25, -0.2) is 0 Å². The molecule has 0 unspecified atom stereocenters. The first-order valence-electron chi connectivity index (χ1n) is 16.5. The Kier molecular flexibility index (Phi) is 6.75. The smallest absolute Gasteiger partial charge is 0.123 e. The minimum absolute atomic E-state index is 0.0141. The zero-order valence-corrected chi connectivity index (χ0v) is 29.4. The molecule has 4 aromatic carbocycles. The third-order valence-electron chi connectivity index (χ3n) is 9.73. The van der Waals surface area contributed by atoms with Crippen LogP contribution in [0.1, 0.15) is 123 Å². The average Bonchev–Trinajstić information content (AvgIpc) is 3.39. The standard InChI is InChI=1S/C42H52N2/c1-26-43(34-24-28(39(2,3)4)20-22-32(34)41(8,9)10)37-30-18-14-16-27-17-15-19-31(36(27)30)38(37)44(26)35-25-29(40(5,6)7)21-23-33(35)42(11,12)13/h14-26H,1-13H3/q+2. The number of hydrogen-bond donors (Lipinski definition) is 0. The molecule has 0 amide bonds. The molecular weight excluding hydrogens is 532 g/mol. The predicted octanol–water partition coefficient (Wildman–Crippen LogP) is 10.7. The van der Waals surface area contributed by atoms with Gasteiger partial charge in [0.15, 0.2) is 0 Å². The Balaban J connectivity index is 1.77. The summed E-state index contributed by atoms with van der Waals surface area (Å²) in [6.45, 7) is 30.5. The van der Waals surface area contributed by atoms with E-state index >= 15 is 0 Å². The summed E-state index contributed by atoms with van der Waals surface area (Å²) in [7, 11) is 0. The maximum Gasteiger partial charge on any atom is 0.351 e. The van der Waals surface area contributed by atoms with E-state index in [4.69, 9.17) is 0 Å². The predicted molar refractivity (Wildman–Crippen MR) is 189 cm³/mol. The third-order valence-corrected chi connectivity index (χ3v) is 9.73. The van der Waals surface area contributed by atoms with Crippen LogP contribution in [0.4, 0.5) is 11.4 Å². The van der Waals surface area contributed by atoms with Gasteiger partial charge in [0, 0.05) is 28.6 Å². The molecule has 1 heterocycles. The largest absolute Gasteiger partial charge is 0.351 e. The molecule has 2 heteroatoms. The van der Waals surface area contributed by atoms with Crippen molar-refractivity contribution in [2.45, 2.75) is 118 Å². The molecule has 0 N–H and O–H groups in total. The molecule has 2 aliphatic rings. The number of rotatable bonds is 2. The third kappa shape index (κ3) is 4.77. The molecule has 0 spiro atoms. The molecule has 0 fully saturated rings. The molecule has 0 saturated heterocycles. The van der Waals surface area contributed by atoms with E-state index in [0.29, 0.717) is 0 Å². The van der Waals surface area contributed by atoms with Crippen LogP contribution in [0.3, 0.4) is 0 Å². The summed E-state index contributed by atoms with van der Waals surface area (Å²) in [5, 5.41) is 2.68. The van der Waals surface area contributed by atoms with Crippen LogP contribution >= 0.6 is 0 Å². The second-order valence-corrected chi connectivity index (χ2v) is 17.2. The van der Waals surface area contributed by atoms with E-state index in [0.717, 1.165) is 0 Å². The van der Waals surface area contributed by atoms with Crippen molar-refractivity contribution >= 4 is 33.6 Å². The van der Waals surface area contributed by atoms with Gasteiger partial charge in [-0.2, -0.15) is 0 Å². The molecule has 4 aromatic rings. The second kappa shape index (κ2) is 9.74.